The normalized spacial score (nSPS) is 44.3. The van der Waals surface area contributed by atoms with Crippen molar-refractivity contribution >= 4 is 5.97 Å². The molecular weight excluding hydrogens is 424 g/mol. The standard InChI is InChI=1S/C26H42O7/c1-8-15(4)23(30)32-22-21(29)20(28)16(5)31-24(22)33-26(7)12-10-19(27)25(6)11-9-17(14(2)3)13-18(25)26/h8-9,14,16,18-22,24,27-29H,10-13H2,1-7H3/b15-8-. The molecule has 1 saturated heterocycles. The summed E-state index contributed by atoms with van der Waals surface area (Å²) >= 11 is 0. The van der Waals surface area contributed by atoms with Gasteiger partial charge in [0, 0.05) is 11.0 Å². The van der Waals surface area contributed by atoms with Crippen molar-refractivity contribution in [2.45, 2.75) is 117 Å². The molecule has 9 atom stereocenters. The van der Waals surface area contributed by atoms with Crippen LogP contribution in [0.1, 0.15) is 74.1 Å². The number of rotatable bonds is 5. The molecule has 2 fully saturated rings. The Labute approximate surface area is 197 Å². The predicted molar refractivity (Wildman–Crippen MR) is 124 cm³/mol. The van der Waals surface area contributed by atoms with Gasteiger partial charge in [0.25, 0.3) is 0 Å². The molecule has 1 saturated carbocycles. The second kappa shape index (κ2) is 9.78. The first-order valence-electron chi connectivity index (χ1n) is 12.2. The van der Waals surface area contributed by atoms with Gasteiger partial charge in [-0.1, -0.05) is 38.5 Å². The first kappa shape index (κ1) is 26.4. The van der Waals surface area contributed by atoms with Crippen LogP contribution in [-0.2, 0) is 19.0 Å². The highest BCUT2D eigenvalue weighted by molar-refractivity contribution is 5.87. The maximum absolute atomic E-state index is 12.5. The van der Waals surface area contributed by atoms with E-state index in [1.54, 1.807) is 26.8 Å². The third-order valence-electron chi connectivity index (χ3n) is 8.36. The lowest BCUT2D eigenvalue weighted by Crippen LogP contribution is -2.63. The number of hydrogen-bond acceptors (Lipinski definition) is 7. The SMILES string of the molecule is C/C=C(/C)C(=O)OC1C(OC2(C)CCC(O)C3(C)CC=C(C(C)C)CC23)OC(C)C(O)C1O. The Bertz CT molecular complexity index is 790. The van der Waals surface area contributed by atoms with E-state index in [1.165, 1.54) is 5.57 Å². The molecule has 0 aromatic heterocycles. The van der Waals surface area contributed by atoms with Crippen LogP contribution in [0, 0.1) is 17.3 Å². The molecule has 7 nitrogen and oxygen atoms in total. The van der Waals surface area contributed by atoms with Crippen LogP contribution >= 0.6 is 0 Å². The van der Waals surface area contributed by atoms with Gasteiger partial charge in [-0.2, -0.15) is 0 Å². The maximum atomic E-state index is 12.5. The number of carbonyl (C=O) groups is 1. The van der Waals surface area contributed by atoms with Crippen LogP contribution in [-0.4, -0.2) is 63.7 Å². The van der Waals surface area contributed by atoms with E-state index in [-0.39, 0.29) is 11.3 Å². The van der Waals surface area contributed by atoms with Gasteiger partial charge in [-0.05, 0) is 65.2 Å². The third kappa shape index (κ3) is 4.94. The van der Waals surface area contributed by atoms with Gasteiger partial charge in [0.15, 0.2) is 12.4 Å². The summed E-state index contributed by atoms with van der Waals surface area (Å²) < 4.78 is 18.2. The van der Waals surface area contributed by atoms with Gasteiger partial charge in [0.05, 0.1) is 17.8 Å². The Morgan fingerprint density at radius 2 is 1.91 bits per heavy atom. The molecule has 2 aliphatic carbocycles. The molecule has 0 amide bonds. The zero-order valence-corrected chi connectivity index (χ0v) is 21.1. The van der Waals surface area contributed by atoms with E-state index in [0.29, 0.717) is 24.3 Å². The number of hydrogen-bond donors (Lipinski definition) is 3. The van der Waals surface area contributed by atoms with Crippen LogP contribution in [0.25, 0.3) is 0 Å². The summed E-state index contributed by atoms with van der Waals surface area (Å²) in [4.78, 5) is 12.5. The highest BCUT2D eigenvalue weighted by Gasteiger charge is 2.57. The van der Waals surface area contributed by atoms with Crippen molar-refractivity contribution in [3.63, 3.8) is 0 Å². The summed E-state index contributed by atoms with van der Waals surface area (Å²) in [5.74, 6) is -0.164. The second-order valence-electron chi connectivity index (χ2n) is 10.9. The number of fused-ring (bicyclic) bond motifs is 1. The van der Waals surface area contributed by atoms with Gasteiger partial charge in [0.1, 0.15) is 12.2 Å². The van der Waals surface area contributed by atoms with Crippen LogP contribution < -0.4 is 0 Å². The van der Waals surface area contributed by atoms with Gasteiger partial charge in [0.2, 0.25) is 0 Å². The average Bonchev–Trinajstić information content (AvgIpc) is 2.77. The van der Waals surface area contributed by atoms with Crippen LogP contribution in [0.5, 0.6) is 0 Å². The molecule has 3 aliphatic rings. The minimum absolute atomic E-state index is 0.0210. The van der Waals surface area contributed by atoms with E-state index < -0.39 is 48.4 Å². The maximum Gasteiger partial charge on any atom is 0.333 e. The van der Waals surface area contributed by atoms with E-state index in [2.05, 4.69) is 26.8 Å². The molecule has 0 spiro atoms. The fourth-order valence-electron chi connectivity index (χ4n) is 5.69. The largest absolute Gasteiger partial charge is 0.451 e. The fraction of sp³-hybridized carbons (Fsp3) is 0.808. The minimum atomic E-state index is -1.34. The first-order chi connectivity index (χ1) is 15.3. The summed E-state index contributed by atoms with van der Waals surface area (Å²) in [6, 6.07) is 0. The number of allylic oxidation sites excluding steroid dienone is 3. The number of carbonyl (C=O) groups excluding carboxylic acids is 1. The van der Waals surface area contributed by atoms with E-state index in [9.17, 15) is 20.1 Å². The molecule has 3 rings (SSSR count). The molecule has 7 heteroatoms. The molecule has 0 aromatic carbocycles. The molecular formula is C26H42O7. The first-order valence-corrected chi connectivity index (χ1v) is 12.2. The van der Waals surface area contributed by atoms with E-state index in [1.807, 2.05) is 6.92 Å². The molecule has 0 bridgehead atoms. The zero-order valence-electron chi connectivity index (χ0n) is 21.1. The highest BCUT2D eigenvalue weighted by Crippen LogP contribution is 2.56. The Morgan fingerprint density at radius 1 is 1.24 bits per heavy atom. The predicted octanol–water partition coefficient (Wildman–Crippen LogP) is 3.26. The van der Waals surface area contributed by atoms with Crippen molar-refractivity contribution in [3.05, 3.63) is 23.3 Å². The summed E-state index contributed by atoms with van der Waals surface area (Å²) in [6.45, 7) is 13.5. The van der Waals surface area contributed by atoms with Gasteiger partial charge >= 0.3 is 5.97 Å². The van der Waals surface area contributed by atoms with Crippen molar-refractivity contribution < 1.29 is 34.3 Å². The van der Waals surface area contributed by atoms with Crippen molar-refractivity contribution in [1.82, 2.24) is 0 Å². The van der Waals surface area contributed by atoms with Crippen LogP contribution in [0.2, 0.25) is 0 Å². The van der Waals surface area contributed by atoms with E-state index in [4.69, 9.17) is 14.2 Å². The van der Waals surface area contributed by atoms with Crippen LogP contribution in [0.3, 0.4) is 0 Å². The van der Waals surface area contributed by atoms with E-state index >= 15 is 0 Å². The average molecular weight is 467 g/mol. The highest BCUT2D eigenvalue weighted by atomic mass is 16.7. The molecule has 0 aromatic rings. The van der Waals surface area contributed by atoms with Crippen molar-refractivity contribution in [2.75, 3.05) is 0 Å². The van der Waals surface area contributed by atoms with Gasteiger partial charge in [-0.15, -0.1) is 0 Å². The zero-order chi connectivity index (χ0) is 24.7. The van der Waals surface area contributed by atoms with Gasteiger partial charge in [-0.25, -0.2) is 4.79 Å². The third-order valence-corrected chi connectivity index (χ3v) is 8.36. The number of ether oxygens (including phenoxy) is 3. The summed E-state index contributed by atoms with van der Waals surface area (Å²) in [6.07, 6.45) is 0.791. The number of aliphatic hydroxyl groups is 3. The summed E-state index contributed by atoms with van der Waals surface area (Å²) in [5.41, 5.74) is 0.723. The van der Waals surface area contributed by atoms with Gasteiger partial charge in [-0.3, -0.25) is 0 Å². The lowest BCUT2D eigenvalue weighted by atomic mass is 9.54. The lowest BCUT2D eigenvalue weighted by molar-refractivity contribution is -0.338. The smallest absolute Gasteiger partial charge is 0.333 e. The Hall–Kier alpha value is -1.25. The van der Waals surface area contributed by atoms with E-state index in [0.717, 1.165) is 12.8 Å². The quantitative estimate of drug-likeness (QED) is 0.324. The Morgan fingerprint density at radius 3 is 2.52 bits per heavy atom. The molecule has 1 aliphatic heterocycles. The number of esters is 1. The number of aliphatic hydroxyl groups excluding tert-OH is 3. The summed E-state index contributed by atoms with van der Waals surface area (Å²) in [7, 11) is 0. The Kier molecular flexibility index (Phi) is 7.81. The van der Waals surface area contributed by atoms with Gasteiger partial charge < -0.3 is 29.5 Å². The monoisotopic (exact) mass is 466 g/mol. The van der Waals surface area contributed by atoms with Crippen LogP contribution in [0.4, 0.5) is 0 Å². The molecule has 9 unspecified atom stereocenters. The molecule has 0 radical (unpaired) electrons. The second-order valence-corrected chi connectivity index (χ2v) is 10.9. The molecule has 3 N–H and O–H groups in total. The minimum Gasteiger partial charge on any atom is -0.451 e. The molecule has 188 valence electrons. The van der Waals surface area contributed by atoms with Crippen LogP contribution in [0.15, 0.2) is 23.3 Å². The lowest BCUT2D eigenvalue weighted by Gasteiger charge is -2.57. The van der Waals surface area contributed by atoms with Crippen molar-refractivity contribution in [2.24, 2.45) is 17.3 Å². The summed E-state index contributed by atoms with van der Waals surface area (Å²) in [5, 5.41) is 32.1. The topological polar surface area (TPSA) is 105 Å². The molecule has 33 heavy (non-hydrogen) atoms. The Balaban J connectivity index is 1.91. The fourth-order valence-corrected chi connectivity index (χ4v) is 5.69. The van der Waals surface area contributed by atoms with Crippen molar-refractivity contribution in [1.29, 1.82) is 0 Å². The molecule has 1 heterocycles. The van der Waals surface area contributed by atoms with Crippen molar-refractivity contribution in [3.8, 4) is 0 Å².